The molecule has 0 saturated carbocycles. The summed E-state index contributed by atoms with van der Waals surface area (Å²) in [5.74, 6) is 0.947. The van der Waals surface area contributed by atoms with Crippen molar-refractivity contribution in [3.63, 3.8) is 0 Å². The summed E-state index contributed by atoms with van der Waals surface area (Å²) < 4.78 is 5.62. The van der Waals surface area contributed by atoms with Crippen molar-refractivity contribution in [2.45, 2.75) is 17.8 Å². The van der Waals surface area contributed by atoms with Crippen LogP contribution in [-0.2, 0) is 6.42 Å². The Morgan fingerprint density at radius 2 is 2.42 bits per heavy atom. The third-order valence-corrected chi connectivity index (χ3v) is 2.97. The van der Waals surface area contributed by atoms with Crippen molar-refractivity contribution in [2.24, 2.45) is 0 Å². The zero-order valence-corrected chi connectivity index (χ0v) is 8.89. The van der Waals surface area contributed by atoms with Crippen molar-refractivity contribution in [3.05, 3.63) is 28.8 Å². The van der Waals surface area contributed by atoms with Crippen LogP contribution in [0.15, 0.2) is 18.2 Å². The topological polar surface area (TPSA) is 9.23 Å². The van der Waals surface area contributed by atoms with Gasteiger partial charge >= 0.3 is 84.7 Å². The van der Waals surface area contributed by atoms with Gasteiger partial charge in [-0.15, -0.1) is 0 Å². The minimum atomic E-state index is 0.304. The van der Waals surface area contributed by atoms with Crippen molar-refractivity contribution in [1.82, 2.24) is 0 Å². The molecule has 1 radical (unpaired) electrons. The summed E-state index contributed by atoms with van der Waals surface area (Å²) in [6, 6.07) is 5.82. The van der Waals surface area contributed by atoms with Crippen LogP contribution in [0.4, 0.5) is 0 Å². The van der Waals surface area contributed by atoms with Crippen molar-refractivity contribution in [1.29, 1.82) is 0 Å². The first-order valence-corrected chi connectivity index (χ1v) is 5.41. The van der Waals surface area contributed by atoms with Gasteiger partial charge in [-0.1, -0.05) is 0 Å². The maximum atomic E-state index is 5.83. The molecule has 0 aromatic heterocycles. The van der Waals surface area contributed by atoms with Gasteiger partial charge in [-0.25, -0.2) is 0 Å². The third kappa shape index (κ3) is 1.47. The Morgan fingerprint density at radius 1 is 1.58 bits per heavy atom. The zero-order chi connectivity index (χ0) is 8.55. The van der Waals surface area contributed by atoms with Gasteiger partial charge < -0.3 is 0 Å². The summed E-state index contributed by atoms with van der Waals surface area (Å²) in [6.07, 6.45) is 1.30. The van der Waals surface area contributed by atoms with E-state index in [0.717, 1.165) is 22.5 Å². The standard InChI is InChI=1S/C9H8ClOSe/c10-7-2-1-6-3-8(5-12)11-9(6)4-7/h1-2,4,8H,3,5H2. The number of halogens is 1. The third-order valence-electron chi connectivity index (χ3n) is 1.96. The van der Waals surface area contributed by atoms with Crippen LogP contribution >= 0.6 is 11.6 Å². The number of hydrogen-bond acceptors (Lipinski definition) is 1. The van der Waals surface area contributed by atoms with Crippen LogP contribution in [-0.4, -0.2) is 22.1 Å². The van der Waals surface area contributed by atoms with Crippen LogP contribution in [0.3, 0.4) is 0 Å². The minimum absolute atomic E-state index is 0.304. The average Bonchev–Trinajstić information content (AvgIpc) is 2.46. The second-order valence-corrected chi connectivity index (χ2v) is 4.00. The Kier molecular flexibility index (Phi) is 2.31. The van der Waals surface area contributed by atoms with Crippen LogP contribution < -0.4 is 4.74 Å². The normalized spacial score (nSPS) is 20.3. The van der Waals surface area contributed by atoms with Gasteiger partial charge in [0.25, 0.3) is 0 Å². The van der Waals surface area contributed by atoms with Gasteiger partial charge in [0.05, 0.1) is 0 Å². The Morgan fingerprint density at radius 3 is 3.17 bits per heavy atom. The van der Waals surface area contributed by atoms with Crippen molar-refractivity contribution in [3.8, 4) is 5.75 Å². The zero-order valence-electron chi connectivity index (χ0n) is 6.42. The fraction of sp³-hybridized carbons (Fsp3) is 0.333. The van der Waals surface area contributed by atoms with E-state index >= 15 is 0 Å². The molecule has 0 fully saturated rings. The molecule has 1 aliphatic heterocycles. The Hall–Kier alpha value is -0.171. The van der Waals surface area contributed by atoms with Gasteiger partial charge in [-0.2, -0.15) is 0 Å². The molecule has 1 aromatic rings. The van der Waals surface area contributed by atoms with E-state index in [1.165, 1.54) is 5.56 Å². The first-order valence-electron chi connectivity index (χ1n) is 3.83. The summed E-state index contributed by atoms with van der Waals surface area (Å²) >= 11 is 8.80. The van der Waals surface area contributed by atoms with Crippen molar-refractivity contribution in [2.75, 3.05) is 0 Å². The molecule has 1 aromatic carbocycles. The van der Waals surface area contributed by atoms with Gasteiger partial charge in [0.2, 0.25) is 0 Å². The quantitative estimate of drug-likeness (QED) is 0.691. The summed E-state index contributed by atoms with van der Waals surface area (Å²) in [6.45, 7) is 0. The molecule has 0 amide bonds. The predicted octanol–water partition coefficient (Wildman–Crippen LogP) is 2.23. The monoisotopic (exact) mass is 247 g/mol. The number of rotatable bonds is 1. The van der Waals surface area contributed by atoms with Gasteiger partial charge in [-0.3, -0.25) is 0 Å². The molecule has 0 spiro atoms. The second kappa shape index (κ2) is 3.29. The Bertz CT molecular complexity index is 301. The van der Waals surface area contributed by atoms with E-state index < -0.39 is 0 Å². The molecule has 1 nitrogen and oxygen atoms in total. The van der Waals surface area contributed by atoms with E-state index in [1.54, 1.807) is 0 Å². The van der Waals surface area contributed by atoms with Gasteiger partial charge in [-0.05, 0) is 0 Å². The fourth-order valence-corrected chi connectivity index (χ4v) is 1.92. The molecule has 0 saturated heterocycles. The van der Waals surface area contributed by atoms with Crippen LogP contribution in [0.1, 0.15) is 5.56 Å². The number of fused-ring (bicyclic) bond motifs is 1. The average molecular weight is 247 g/mol. The van der Waals surface area contributed by atoms with E-state index in [0.29, 0.717) is 6.10 Å². The maximum absolute atomic E-state index is 5.83. The predicted molar refractivity (Wildman–Crippen MR) is 50.1 cm³/mol. The molecule has 1 aliphatic rings. The fourth-order valence-electron chi connectivity index (χ4n) is 1.37. The molecule has 1 unspecified atom stereocenters. The number of hydrogen-bond donors (Lipinski definition) is 0. The molecule has 0 aliphatic carbocycles. The van der Waals surface area contributed by atoms with Gasteiger partial charge in [0.15, 0.2) is 0 Å². The second-order valence-electron chi connectivity index (χ2n) is 2.86. The molecule has 0 N–H and O–H groups in total. The van der Waals surface area contributed by atoms with E-state index in [9.17, 15) is 0 Å². The summed E-state index contributed by atoms with van der Waals surface area (Å²) in [5, 5.41) is 1.68. The molecule has 3 heteroatoms. The molecule has 63 valence electrons. The van der Waals surface area contributed by atoms with Crippen LogP contribution in [0.2, 0.25) is 10.3 Å². The molecule has 1 atom stereocenters. The number of ether oxygens (including phenoxy) is 1. The van der Waals surface area contributed by atoms with E-state index in [1.807, 2.05) is 18.2 Å². The molecule has 0 bridgehead atoms. The Balaban J connectivity index is 2.30. The van der Waals surface area contributed by atoms with E-state index in [2.05, 4.69) is 16.0 Å². The van der Waals surface area contributed by atoms with Crippen LogP contribution in [0.25, 0.3) is 0 Å². The molecule has 2 rings (SSSR count). The molecular formula is C9H8ClOSe. The van der Waals surface area contributed by atoms with E-state index in [4.69, 9.17) is 16.3 Å². The molecular weight excluding hydrogens is 239 g/mol. The summed E-state index contributed by atoms with van der Waals surface area (Å²) in [5.41, 5.74) is 1.26. The molecule has 1 heterocycles. The van der Waals surface area contributed by atoms with E-state index in [-0.39, 0.29) is 0 Å². The van der Waals surface area contributed by atoms with Crippen LogP contribution in [0.5, 0.6) is 5.75 Å². The summed E-state index contributed by atoms with van der Waals surface area (Å²) in [4.78, 5) is 0. The SMILES string of the molecule is Clc1ccc2c(c1)OC(C[Se])C2. The molecule has 12 heavy (non-hydrogen) atoms. The van der Waals surface area contributed by atoms with Gasteiger partial charge in [0.1, 0.15) is 0 Å². The first kappa shape index (κ1) is 8.43. The number of benzene rings is 1. The van der Waals surface area contributed by atoms with Crippen molar-refractivity contribution >= 4 is 27.6 Å². The van der Waals surface area contributed by atoms with Crippen molar-refractivity contribution < 1.29 is 4.74 Å². The Labute approximate surface area is 84.9 Å². The van der Waals surface area contributed by atoms with Gasteiger partial charge in [0, 0.05) is 0 Å². The van der Waals surface area contributed by atoms with Crippen LogP contribution in [0, 0.1) is 0 Å². The first-order chi connectivity index (χ1) is 5.79. The summed E-state index contributed by atoms with van der Waals surface area (Å²) in [7, 11) is 0.